The fraction of sp³-hybridized carbons (Fsp3) is 0.667. The summed E-state index contributed by atoms with van der Waals surface area (Å²) < 4.78 is 28.0. The number of amides is 2. The summed E-state index contributed by atoms with van der Waals surface area (Å²) in [5.74, 6) is -1.17. The molecule has 1 aliphatic rings. The van der Waals surface area contributed by atoms with Gasteiger partial charge in [-0.3, -0.25) is 9.59 Å². The van der Waals surface area contributed by atoms with Crippen molar-refractivity contribution >= 4 is 33.2 Å². The minimum Gasteiger partial charge on any atom is -0.358 e. The van der Waals surface area contributed by atoms with E-state index in [9.17, 15) is 18.0 Å². The third-order valence-electron chi connectivity index (χ3n) is 3.69. The molecule has 2 rings (SSSR count). The number of likely N-dealkylation sites (tertiary alicyclic amines) is 1. The van der Waals surface area contributed by atoms with Gasteiger partial charge >= 0.3 is 0 Å². The molecule has 122 valence electrons. The van der Waals surface area contributed by atoms with E-state index >= 15 is 0 Å². The Balaban J connectivity index is 1.97. The molecule has 0 saturated carbocycles. The highest BCUT2D eigenvalue weighted by Crippen LogP contribution is 2.21. The van der Waals surface area contributed by atoms with Crippen molar-refractivity contribution in [1.82, 2.24) is 19.8 Å². The number of hydrogen-bond acceptors (Lipinski definition) is 7. The molecular weight excluding hydrogens is 328 g/mol. The van der Waals surface area contributed by atoms with Gasteiger partial charge in [-0.1, -0.05) is 4.49 Å². The van der Waals surface area contributed by atoms with Crippen molar-refractivity contribution in [1.29, 1.82) is 0 Å². The Bertz CT molecular complexity index is 662. The van der Waals surface area contributed by atoms with E-state index in [1.165, 1.54) is 7.05 Å². The molecule has 0 unspecified atom stereocenters. The van der Waals surface area contributed by atoms with Crippen LogP contribution in [-0.4, -0.2) is 65.9 Å². The molecule has 2 heterocycles. The van der Waals surface area contributed by atoms with Crippen LogP contribution < -0.4 is 5.32 Å². The maximum atomic E-state index is 12.3. The van der Waals surface area contributed by atoms with Crippen molar-refractivity contribution in [3.05, 3.63) is 10.6 Å². The van der Waals surface area contributed by atoms with Gasteiger partial charge in [0.15, 0.2) is 9.84 Å². The molecule has 0 aliphatic carbocycles. The third-order valence-corrected chi connectivity index (χ3v) is 6.66. The number of nitrogens with one attached hydrogen (secondary N) is 1. The number of nitrogens with zero attached hydrogens (tertiary/aromatic N) is 3. The van der Waals surface area contributed by atoms with Crippen LogP contribution >= 0.6 is 11.5 Å². The predicted octanol–water partition coefficient (Wildman–Crippen LogP) is -0.388. The SMILES string of the molecule is CNC(=O)CS(=O)(=O)C1CCN(C(=O)c2snnc2C)CC1. The quantitative estimate of drug-likeness (QED) is 0.795. The first-order chi connectivity index (χ1) is 10.3. The highest BCUT2D eigenvalue weighted by atomic mass is 32.2. The number of piperidine rings is 1. The van der Waals surface area contributed by atoms with Crippen molar-refractivity contribution in [3.8, 4) is 0 Å². The second kappa shape index (κ2) is 6.69. The van der Waals surface area contributed by atoms with Crippen molar-refractivity contribution in [2.75, 3.05) is 25.9 Å². The molecule has 0 aromatic carbocycles. The van der Waals surface area contributed by atoms with Crippen LogP contribution in [0, 0.1) is 6.92 Å². The molecule has 0 atom stereocenters. The van der Waals surface area contributed by atoms with Gasteiger partial charge in [-0.05, 0) is 31.3 Å². The van der Waals surface area contributed by atoms with Gasteiger partial charge in [0.05, 0.1) is 10.9 Å². The summed E-state index contributed by atoms with van der Waals surface area (Å²) in [6.07, 6.45) is 0.687. The number of rotatable bonds is 4. The Morgan fingerprint density at radius 1 is 1.36 bits per heavy atom. The number of hydrogen-bond donors (Lipinski definition) is 1. The van der Waals surface area contributed by atoms with E-state index in [1.807, 2.05) is 0 Å². The van der Waals surface area contributed by atoms with E-state index in [1.54, 1.807) is 11.8 Å². The highest BCUT2D eigenvalue weighted by molar-refractivity contribution is 7.92. The van der Waals surface area contributed by atoms with E-state index in [4.69, 9.17) is 0 Å². The van der Waals surface area contributed by atoms with Gasteiger partial charge in [0.1, 0.15) is 10.6 Å². The van der Waals surface area contributed by atoms with Gasteiger partial charge < -0.3 is 10.2 Å². The second-order valence-corrected chi connectivity index (χ2v) is 8.19. The van der Waals surface area contributed by atoms with Gasteiger partial charge in [0, 0.05) is 20.1 Å². The van der Waals surface area contributed by atoms with E-state index in [0.29, 0.717) is 36.5 Å². The van der Waals surface area contributed by atoms with Crippen LogP contribution in [0.3, 0.4) is 0 Å². The molecule has 0 radical (unpaired) electrons. The number of aryl methyl sites for hydroxylation is 1. The van der Waals surface area contributed by atoms with E-state index in [-0.39, 0.29) is 5.91 Å². The molecule has 1 N–H and O–H groups in total. The lowest BCUT2D eigenvalue weighted by Gasteiger charge is -2.31. The average Bonchev–Trinajstić information content (AvgIpc) is 2.92. The van der Waals surface area contributed by atoms with E-state index < -0.39 is 26.7 Å². The molecule has 0 spiro atoms. The minimum absolute atomic E-state index is 0.158. The number of carbonyl (C=O) groups excluding carboxylic acids is 2. The third kappa shape index (κ3) is 3.61. The van der Waals surface area contributed by atoms with Gasteiger partial charge in [0.2, 0.25) is 5.91 Å². The lowest BCUT2D eigenvalue weighted by molar-refractivity contribution is -0.118. The second-order valence-electron chi connectivity index (χ2n) is 5.16. The molecule has 8 nitrogen and oxygen atoms in total. The Kier molecular flexibility index (Phi) is 5.12. The maximum absolute atomic E-state index is 12.3. The smallest absolute Gasteiger partial charge is 0.267 e. The fourth-order valence-corrected chi connectivity index (χ4v) is 4.66. The van der Waals surface area contributed by atoms with Crippen LogP contribution in [0.2, 0.25) is 0 Å². The molecular formula is C12H18N4O4S2. The van der Waals surface area contributed by atoms with Gasteiger partial charge in [-0.15, -0.1) is 5.10 Å². The van der Waals surface area contributed by atoms with Crippen LogP contribution in [0.25, 0.3) is 0 Å². The first-order valence-electron chi connectivity index (χ1n) is 6.85. The van der Waals surface area contributed by atoms with Crippen LogP contribution in [-0.2, 0) is 14.6 Å². The lowest BCUT2D eigenvalue weighted by Crippen LogP contribution is -2.44. The largest absolute Gasteiger partial charge is 0.358 e. The number of carbonyl (C=O) groups is 2. The zero-order valence-corrected chi connectivity index (χ0v) is 14.0. The van der Waals surface area contributed by atoms with Gasteiger partial charge in [0.25, 0.3) is 5.91 Å². The van der Waals surface area contributed by atoms with Crippen molar-refractivity contribution in [2.24, 2.45) is 0 Å². The molecule has 1 saturated heterocycles. The zero-order chi connectivity index (χ0) is 16.3. The number of sulfone groups is 1. The Morgan fingerprint density at radius 3 is 2.50 bits per heavy atom. The first kappa shape index (κ1) is 16.8. The van der Waals surface area contributed by atoms with Crippen molar-refractivity contribution < 1.29 is 18.0 Å². The highest BCUT2D eigenvalue weighted by Gasteiger charge is 2.33. The topological polar surface area (TPSA) is 109 Å². The van der Waals surface area contributed by atoms with Crippen LogP contribution in [0.4, 0.5) is 0 Å². The molecule has 1 aliphatic heterocycles. The Hall–Kier alpha value is -1.55. The monoisotopic (exact) mass is 346 g/mol. The molecule has 10 heteroatoms. The van der Waals surface area contributed by atoms with Gasteiger partial charge in [-0.2, -0.15) is 0 Å². The summed E-state index contributed by atoms with van der Waals surface area (Å²) >= 11 is 1.05. The summed E-state index contributed by atoms with van der Waals surface area (Å²) in [4.78, 5) is 25.7. The molecule has 1 aromatic rings. The summed E-state index contributed by atoms with van der Waals surface area (Å²) in [5.41, 5.74) is 0.587. The van der Waals surface area contributed by atoms with E-state index in [2.05, 4.69) is 14.9 Å². The normalized spacial score (nSPS) is 16.5. The summed E-state index contributed by atoms with van der Waals surface area (Å²) in [6, 6.07) is 0. The van der Waals surface area contributed by atoms with Crippen molar-refractivity contribution in [2.45, 2.75) is 25.0 Å². The molecule has 2 amide bonds. The molecule has 1 fully saturated rings. The lowest BCUT2D eigenvalue weighted by atomic mass is 10.1. The molecule has 1 aromatic heterocycles. The predicted molar refractivity (Wildman–Crippen MR) is 81.4 cm³/mol. The minimum atomic E-state index is -3.48. The standard InChI is InChI=1S/C12H18N4O4S2/c1-8-11(21-15-14-8)12(18)16-5-3-9(4-6-16)22(19,20)7-10(17)13-2/h9H,3-7H2,1-2H3,(H,13,17). The molecule has 0 bridgehead atoms. The van der Waals surface area contributed by atoms with Crippen LogP contribution in [0.15, 0.2) is 0 Å². The summed E-state index contributed by atoms with van der Waals surface area (Å²) in [7, 11) is -2.07. The van der Waals surface area contributed by atoms with Crippen LogP contribution in [0.1, 0.15) is 28.2 Å². The summed E-state index contributed by atoms with van der Waals surface area (Å²) in [6.45, 7) is 2.43. The van der Waals surface area contributed by atoms with Crippen LogP contribution in [0.5, 0.6) is 0 Å². The zero-order valence-electron chi connectivity index (χ0n) is 12.4. The Morgan fingerprint density at radius 2 is 2.00 bits per heavy atom. The van der Waals surface area contributed by atoms with Crippen molar-refractivity contribution in [3.63, 3.8) is 0 Å². The summed E-state index contributed by atoms with van der Waals surface area (Å²) in [5, 5.41) is 5.55. The average molecular weight is 346 g/mol. The molecule has 22 heavy (non-hydrogen) atoms. The Labute approximate surface area is 133 Å². The maximum Gasteiger partial charge on any atom is 0.267 e. The van der Waals surface area contributed by atoms with Gasteiger partial charge in [-0.25, -0.2) is 8.42 Å². The first-order valence-corrected chi connectivity index (χ1v) is 9.34. The number of aromatic nitrogens is 2. The van der Waals surface area contributed by atoms with E-state index in [0.717, 1.165) is 11.5 Å². The fourth-order valence-electron chi connectivity index (χ4n) is 2.36.